The van der Waals surface area contributed by atoms with E-state index in [4.69, 9.17) is 0 Å². The van der Waals surface area contributed by atoms with E-state index in [1.165, 1.54) is 0 Å². The molecule has 0 fully saturated rings. The molecule has 0 rings (SSSR count). The van der Waals surface area contributed by atoms with E-state index in [0.29, 0.717) is 6.54 Å². The van der Waals surface area contributed by atoms with E-state index < -0.39 is 0 Å². The van der Waals surface area contributed by atoms with Gasteiger partial charge in [0.15, 0.2) is 0 Å². The van der Waals surface area contributed by atoms with E-state index in [1.807, 2.05) is 14.0 Å². The summed E-state index contributed by atoms with van der Waals surface area (Å²) in [5, 5.41) is 5.97. The third-order valence-corrected chi connectivity index (χ3v) is 2.79. The maximum atomic E-state index is 11.8. The first kappa shape index (κ1) is 13.4. The van der Waals surface area contributed by atoms with Crippen molar-refractivity contribution in [2.45, 2.75) is 40.0 Å². The van der Waals surface area contributed by atoms with Gasteiger partial charge in [-0.3, -0.25) is 4.79 Å². The Hall–Kier alpha value is -0.570. The minimum Gasteiger partial charge on any atom is -0.354 e. The lowest BCUT2D eigenvalue weighted by atomic mass is 9.82. The van der Waals surface area contributed by atoms with Crippen molar-refractivity contribution in [2.75, 3.05) is 20.1 Å². The number of carbonyl (C=O) groups is 1. The average Bonchev–Trinajstić information content (AvgIpc) is 2.18. The third-order valence-electron chi connectivity index (χ3n) is 2.79. The molecular weight excluding hydrogens is 176 g/mol. The van der Waals surface area contributed by atoms with Crippen molar-refractivity contribution in [1.82, 2.24) is 10.6 Å². The highest BCUT2D eigenvalue weighted by molar-refractivity contribution is 5.82. The summed E-state index contributed by atoms with van der Waals surface area (Å²) < 4.78 is 0. The van der Waals surface area contributed by atoms with Gasteiger partial charge in [0.25, 0.3) is 0 Å². The van der Waals surface area contributed by atoms with Crippen LogP contribution in [0.4, 0.5) is 0 Å². The summed E-state index contributed by atoms with van der Waals surface area (Å²) in [6, 6.07) is 0. The lowest BCUT2D eigenvalue weighted by Crippen LogP contribution is -2.41. The van der Waals surface area contributed by atoms with E-state index >= 15 is 0 Å². The van der Waals surface area contributed by atoms with Gasteiger partial charge in [-0.05, 0) is 19.9 Å². The number of rotatable bonds is 7. The molecule has 0 radical (unpaired) electrons. The number of nitrogens with one attached hydrogen (secondary N) is 2. The second-order valence-corrected chi connectivity index (χ2v) is 4.02. The van der Waals surface area contributed by atoms with E-state index in [9.17, 15) is 4.79 Å². The summed E-state index contributed by atoms with van der Waals surface area (Å²) in [7, 11) is 1.89. The van der Waals surface area contributed by atoms with E-state index in [1.54, 1.807) is 0 Å². The largest absolute Gasteiger partial charge is 0.354 e. The average molecular weight is 200 g/mol. The molecular formula is C11H24N2O. The van der Waals surface area contributed by atoms with Gasteiger partial charge in [0.05, 0.1) is 0 Å². The SMILES string of the molecule is CCCC(C)(CC)C(=O)NCCNC. The van der Waals surface area contributed by atoms with Crippen molar-refractivity contribution < 1.29 is 4.79 Å². The lowest BCUT2D eigenvalue weighted by Gasteiger charge is -2.26. The molecule has 14 heavy (non-hydrogen) atoms. The Kier molecular flexibility index (Phi) is 6.54. The number of hydrogen-bond acceptors (Lipinski definition) is 2. The molecule has 3 nitrogen and oxygen atoms in total. The van der Waals surface area contributed by atoms with Crippen LogP contribution in [0.25, 0.3) is 0 Å². The molecule has 0 aromatic rings. The number of carbonyl (C=O) groups excluding carboxylic acids is 1. The van der Waals surface area contributed by atoms with Crippen molar-refractivity contribution in [3.63, 3.8) is 0 Å². The zero-order chi connectivity index (χ0) is 11.0. The Balaban J connectivity index is 4.03. The predicted molar refractivity (Wildman–Crippen MR) is 60.2 cm³/mol. The Labute approximate surface area is 87.6 Å². The van der Waals surface area contributed by atoms with Gasteiger partial charge in [0, 0.05) is 18.5 Å². The van der Waals surface area contributed by atoms with Crippen LogP contribution >= 0.6 is 0 Å². The normalized spacial score (nSPS) is 14.9. The standard InChI is InChI=1S/C11H24N2O/c1-5-7-11(3,6-2)10(14)13-9-8-12-4/h12H,5-9H2,1-4H3,(H,13,14). The summed E-state index contributed by atoms with van der Waals surface area (Å²) in [5.41, 5.74) is -0.178. The fraction of sp³-hybridized carbons (Fsp3) is 0.909. The molecule has 2 N–H and O–H groups in total. The van der Waals surface area contributed by atoms with E-state index in [2.05, 4.69) is 24.5 Å². The Morgan fingerprint density at radius 2 is 1.93 bits per heavy atom. The van der Waals surface area contributed by atoms with Crippen molar-refractivity contribution >= 4 is 5.91 Å². The summed E-state index contributed by atoms with van der Waals surface area (Å²) in [6.07, 6.45) is 2.94. The molecule has 0 spiro atoms. The molecule has 1 unspecified atom stereocenters. The molecule has 0 aliphatic rings. The summed E-state index contributed by atoms with van der Waals surface area (Å²) in [6.45, 7) is 7.79. The monoisotopic (exact) mass is 200 g/mol. The topological polar surface area (TPSA) is 41.1 Å². The van der Waals surface area contributed by atoms with Gasteiger partial charge in [-0.25, -0.2) is 0 Å². The fourth-order valence-electron chi connectivity index (χ4n) is 1.52. The van der Waals surface area contributed by atoms with Crippen LogP contribution in [-0.2, 0) is 4.79 Å². The maximum absolute atomic E-state index is 11.8. The van der Waals surface area contributed by atoms with Crippen LogP contribution in [-0.4, -0.2) is 26.0 Å². The molecule has 0 aliphatic heterocycles. The molecule has 84 valence electrons. The Morgan fingerprint density at radius 3 is 2.36 bits per heavy atom. The van der Waals surface area contributed by atoms with Crippen molar-refractivity contribution in [2.24, 2.45) is 5.41 Å². The summed E-state index contributed by atoms with van der Waals surface area (Å²) in [4.78, 5) is 11.8. The van der Waals surface area contributed by atoms with Gasteiger partial charge in [-0.1, -0.05) is 27.2 Å². The maximum Gasteiger partial charge on any atom is 0.225 e. The van der Waals surface area contributed by atoms with Crippen LogP contribution < -0.4 is 10.6 Å². The zero-order valence-corrected chi connectivity index (χ0v) is 9.94. The van der Waals surface area contributed by atoms with Gasteiger partial charge in [-0.15, -0.1) is 0 Å². The number of amides is 1. The van der Waals surface area contributed by atoms with E-state index in [0.717, 1.165) is 25.8 Å². The molecule has 0 heterocycles. The molecule has 0 bridgehead atoms. The fourth-order valence-corrected chi connectivity index (χ4v) is 1.52. The highest BCUT2D eigenvalue weighted by Crippen LogP contribution is 2.27. The van der Waals surface area contributed by atoms with Crippen molar-refractivity contribution in [3.8, 4) is 0 Å². The van der Waals surface area contributed by atoms with Crippen LogP contribution in [0.3, 0.4) is 0 Å². The summed E-state index contributed by atoms with van der Waals surface area (Å²) >= 11 is 0. The molecule has 0 aromatic heterocycles. The minimum atomic E-state index is -0.178. The van der Waals surface area contributed by atoms with Crippen LogP contribution in [0, 0.1) is 5.41 Å². The molecule has 1 amide bonds. The predicted octanol–water partition coefficient (Wildman–Crippen LogP) is 1.54. The Morgan fingerprint density at radius 1 is 1.29 bits per heavy atom. The molecule has 3 heteroatoms. The molecule has 0 saturated carbocycles. The molecule has 0 saturated heterocycles. The van der Waals surface area contributed by atoms with Crippen molar-refractivity contribution in [1.29, 1.82) is 0 Å². The van der Waals surface area contributed by atoms with Gasteiger partial charge in [0.2, 0.25) is 5.91 Å². The van der Waals surface area contributed by atoms with Gasteiger partial charge in [0.1, 0.15) is 0 Å². The highest BCUT2D eigenvalue weighted by atomic mass is 16.2. The van der Waals surface area contributed by atoms with Crippen LogP contribution in [0.5, 0.6) is 0 Å². The first-order chi connectivity index (χ1) is 6.60. The highest BCUT2D eigenvalue weighted by Gasteiger charge is 2.29. The first-order valence-electron chi connectivity index (χ1n) is 5.53. The molecule has 0 aromatic carbocycles. The second-order valence-electron chi connectivity index (χ2n) is 4.02. The van der Waals surface area contributed by atoms with Crippen LogP contribution in [0.2, 0.25) is 0 Å². The second kappa shape index (κ2) is 6.82. The number of likely N-dealkylation sites (N-methyl/N-ethyl adjacent to an activating group) is 1. The van der Waals surface area contributed by atoms with Gasteiger partial charge in [-0.2, -0.15) is 0 Å². The third kappa shape index (κ3) is 4.09. The molecule has 0 aliphatic carbocycles. The smallest absolute Gasteiger partial charge is 0.225 e. The van der Waals surface area contributed by atoms with Gasteiger partial charge < -0.3 is 10.6 Å². The Bertz CT molecular complexity index is 171. The first-order valence-corrected chi connectivity index (χ1v) is 5.53. The summed E-state index contributed by atoms with van der Waals surface area (Å²) in [5.74, 6) is 0.192. The van der Waals surface area contributed by atoms with Gasteiger partial charge >= 0.3 is 0 Å². The number of hydrogen-bond donors (Lipinski definition) is 2. The lowest BCUT2D eigenvalue weighted by molar-refractivity contribution is -0.130. The quantitative estimate of drug-likeness (QED) is 0.612. The minimum absolute atomic E-state index is 0.178. The van der Waals surface area contributed by atoms with Crippen LogP contribution in [0.15, 0.2) is 0 Å². The van der Waals surface area contributed by atoms with Crippen LogP contribution in [0.1, 0.15) is 40.0 Å². The zero-order valence-electron chi connectivity index (χ0n) is 9.94. The molecule has 1 atom stereocenters. The van der Waals surface area contributed by atoms with Crippen molar-refractivity contribution in [3.05, 3.63) is 0 Å². The van der Waals surface area contributed by atoms with E-state index in [-0.39, 0.29) is 11.3 Å².